The van der Waals surface area contributed by atoms with Crippen LogP contribution in [0.2, 0.25) is 0 Å². The summed E-state index contributed by atoms with van der Waals surface area (Å²) < 4.78 is 0. The van der Waals surface area contributed by atoms with Crippen LogP contribution in [0.1, 0.15) is 31.5 Å². The zero-order valence-electron chi connectivity index (χ0n) is 10.1. The third-order valence-corrected chi connectivity index (χ3v) is 2.84. The van der Waals surface area contributed by atoms with E-state index in [9.17, 15) is 9.59 Å². The fourth-order valence-electron chi connectivity index (χ4n) is 1.87. The second-order valence-corrected chi connectivity index (χ2v) is 4.23. The number of H-pyrrole nitrogens is 1. The van der Waals surface area contributed by atoms with Gasteiger partial charge in [-0.05, 0) is 12.8 Å². The Labute approximate surface area is 104 Å². The van der Waals surface area contributed by atoms with Crippen LogP contribution in [-0.4, -0.2) is 50.4 Å². The number of carbonyl (C=O) groups is 2. The van der Waals surface area contributed by atoms with Gasteiger partial charge >= 0.3 is 0 Å². The topological polar surface area (TPSA) is 104 Å². The Morgan fingerprint density at radius 2 is 2.28 bits per heavy atom. The van der Waals surface area contributed by atoms with Crippen LogP contribution in [-0.2, 0) is 16.1 Å². The van der Waals surface area contributed by atoms with Crippen LogP contribution >= 0.6 is 0 Å². The number of amides is 2. The van der Waals surface area contributed by atoms with Gasteiger partial charge in [-0.25, -0.2) is 0 Å². The number of aromatic amines is 1. The minimum absolute atomic E-state index is 0.0576. The molecule has 0 unspecified atom stereocenters. The van der Waals surface area contributed by atoms with E-state index in [1.165, 1.54) is 0 Å². The molecular weight excluding hydrogens is 236 g/mol. The molecule has 0 radical (unpaired) electrons. The maximum Gasteiger partial charge on any atom is 0.240 e. The van der Waals surface area contributed by atoms with Crippen LogP contribution in [0, 0.1) is 0 Å². The van der Waals surface area contributed by atoms with Crippen LogP contribution in [0.15, 0.2) is 0 Å². The van der Waals surface area contributed by atoms with Crippen molar-refractivity contribution in [3.8, 4) is 0 Å². The number of hydrogen-bond acceptors (Lipinski definition) is 5. The summed E-state index contributed by atoms with van der Waals surface area (Å²) in [7, 11) is 0. The van der Waals surface area contributed by atoms with Gasteiger partial charge < -0.3 is 10.2 Å². The van der Waals surface area contributed by atoms with Gasteiger partial charge in [0.25, 0.3) is 0 Å². The fourth-order valence-corrected chi connectivity index (χ4v) is 1.87. The fraction of sp³-hybridized carbons (Fsp3) is 0.700. The Balaban J connectivity index is 1.77. The zero-order valence-corrected chi connectivity index (χ0v) is 10.1. The average molecular weight is 252 g/mol. The first kappa shape index (κ1) is 12.5. The van der Waals surface area contributed by atoms with Gasteiger partial charge in [-0.3, -0.25) is 9.59 Å². The SMILES string of the molecule is O=C(CN1CCCCCC1=O)NCc1nn[nH]n1. The van der Waals surface area contributed by atoms with E-state index in [2.05, 4.69) is 25.9 Å². The summed E-state index contributed by atoms with van der Waals surface area (Å²) in [5, 5.41) is 15.8. The van der Waals surface area contributed by atoms with Gasteiger partial charge in [-0.2, -0.15) is 5.21 Å². The molecule has 2 amide bonds. The number of rotatable bonds is 4. The molecule has 98 valence electrons. The molecule has 0 aromatic carbocycles. The number of carbonyl (C=O) groups excluding carboxylic acids is 2. The van der Waals surface area contributed by atoms with Crippen molar-refractivity contribution >= 4 is 11.8 Å². The molecule has 18 heavy (non-hydrogen) atoms. The Morgan fingerprint density at radius 3 is 3.06 bits per heavy atom. The molecule has 0 aliphatic carbocycles. The quantitative estimate of drug-likeness (QED) is 0.731. The largest absolute Gasteiger partial charge is 0.347 e. The van der Waals surface area contributed by atoms with Crippen molar-refractivity contribution in [3.05, 3.63) is 5.82 Å². The molecule has 0 bridgehead atoms. The molecule has 8 nitrogen and oxygen atoms in total. The molecule has 1 saturated heterocycles. The molecule has 2 N–H and O–H groups in total. The van der Waals surface area contributed by atoms with Crippen molar-refractivity contribution in [1.82, 2.24) is 30.8 Å². The predicted molar refractivity (Wildman–Crippen MR) is 61.1 cm³/mol. The lowest BCUT2D eigenvalue weighted by molar-refractivity contribution is -0.135. The number of hydrogen-bond donors (Lipinski definition) is 2. The Morgan fingerprint density at radius 1 is 1.39 bits per heavy atom. The maximum absolute atomic E-state index is 11.7. The number of nitrogens with zero attached hydrogens (tertiary/aromatic N) is 4. The lowest BCUT2D eigenvalue weighted by atomic mass is 10.2. The summed E-state index contributed by atoms with van der Waals surface area (Å²) in [6, 6.07) is 0. The van der Waals surface area contributed by atoms with E-state index >= 15 is 0 Å². The van der Waals surface area contributed by atoms with Gasteiger partial charge in [0, 0.05) is 13.0 Å². The monoisotopic (exact) mass is 252 g/mol. The van der Waals surface area contributed by atoms with Crippen molar-refractivity contribution in [2.24, 2.45) is 0 Å². The van der Waals surface area contributed by atoms with E-state index in [1.54, 1.807) is 4.90 Å². The van der Waals surface area contributed by atoms with E-state index < -0.39 is 0 Å². The van der Waals surface area contributed by atoms with Gasteiger partial charge in [0.1, 0.15) is 0 Å². The van der Waals surface area contributed by atoms with Crippen molar-refractivity contribution in [3.63, 3.8) is 0 Å². The molecule has 1 aromatic rings. The molecule has 1 aromatic heterocycles. The zero-order chi connectivity index (χ0) is 12.8. The van der Waals surface area contributed by atoms with Crippen molar-refractivity contribution in [1.29, 1.82) is 0 Å². The predicted octanol–water partition coefficient (Wildman–Crippen LogP) is -0.781. The first-order valence-corrected chi connectivity index (χ1v) is 6.02. The Hall–Kier alpha value is -1.99. The molecule has 0 spiro atoms. The molecule has 1 fully saturated rings. The van der Waals surface area contributed by atoms with Gasteiger partial charge in [0.05, 0.1) is 13.1 Å². The van der Waals surface area contributed by atoms with Crippen LogP contribution in [0.3, 0.4) is 0 Å². The van der Waals surface area contributed by atoms with Crippen LogP contribution in [0.25, 0.3) is 0 Å². The van der Waals surface area contributed by atoms with E-state index in [1.807, 2.05) is 0 Å². The summed E-state index contributed by atoms with van der Waals surface area (Å²) >= 11 is 0. The lowest BCUT2D eigenvalue weighted by Crippen LogP contribution is -2.40. The second kappa shape index (κ2) is 6.08. The first-order valence-electron chi connectivity index (χ1n) is 6.02. The number of aromatic nitrogens is 4. The summed E-state index contributed by atoms with van der Waals surface area (Å²) in [5.74, 6) is 0.280. The standard InChI is InChI=1S/C10H16N6O2/c17-9(11-6-8-12-14-15-13-8)7-16-5-3-1-2-4-10(16)18/h1-7H2,(H,11,17)(H,12,13,14,15). The van der Waals surface area contributed by atoms with E-state index in [4.69, 9.17) is 0 Å². The third-order valence-electron chi connectivity index (χ3n) is 2.84. The maximum atomic E-state index is 11.7. The lowest BCUT2D eigenvalue weighted by Gasteiger charge is -2.19. The summed E-state index contributed by atoms with van der Waals surface area (Å²) in [5.41, 5.74) is 0. The number of likely N-dealkylation sites (tertiary alicyclic amines) is 1. The van der Waals surface area contributed by atoms with Crippen LogP contribution < -0.4 is 5.32 Å². The van der Waals surface area contributed by atoms with Crippen molar-refractivity contribution < 1.29 is 9.59 Å². The Bertz CT molecular complexity index is 405. The molecule has 0 saturated carbocycles. The Kier molecular flexibility index (Phi) is 4.21. The highest BCUT2D eigenvalue weighted by molar-refractivity contribution is 5.84. The van der Waals surface area contributed by atoms with E-state index in [-0.39, 0.29) is 24.9 Å². The summed E-state index contributed by atoms with van der Waals surface area (Å²) in [6.07, 6.45) is 3.47. The molecule has 2 rings (SSSR count). The average Bonchev–Trinajstić information content (AvgIpc) is 2.80. The highest BCUT2D eigenvalue weighted by Gasteiger charge is 2.19. The normalized spacial score (nSPS) is 16.4. The molecule has 0 atom stereocenters. The highest BCUT2D eigenvalue weighted by Crippen LogP contribution is 2.10. The van der Waals surface area contributed by atoms with E-state index in [0.29, 0.717) is 18.8 Å². The first-order chi connectivity index (χ1) is 8.75. The summed E-state index contributed by atoms with van der Waals surface area (Å²) in [6.45, 7) is 0.989. The highest BCUT2D eigenvalue weighted by atomic mass is 16.2. The van der Waals surface area contributed by atoms with Crippen molar-refractivity contribution in [2.45, 2.75) is 32.2 Å². The smallest absolute Gasteiger partial charge is 0.240 e. The minimum Gasteiger partial charge on any atom is -0.347 e. The van der Waals surface area contributed by atoms with Gasteiger partial charge in [0.15, 0.2) is 5.82 Å². The number of nitrogens with one attached hydrogen (secondary N) is 2. The molecule has 8 heteroatoms. The minimum atomic E-state index is -0.199. The van der Waals surface area contributed by atoms with Gasteiger partial charge in [0.2, 0.25) is 11.8 Å². The van der Waals surface area contributed by atoms with Crippen LogP contribution in [0.5, 0.6) is 0 Å². The van der Waals surface area contributed by atoms with Gasteiger partial charge in [-0.15, -0.1) is 10.2 Å². The second-order valence-electron chi connectivity index (χ2n) is 4.23. The molecular formula is C10H16N6O2. The molecule has 1 aliphatic heterocycles. The van der Waals surface area contributed by atoms with E-state index in [0.717, 1.165) is 19.3 Å². The van der Waals surface area contributed by atoms with Crippen LogP contribution in [0.4, 0.5) is 0 Å². The summed E-state index contributed by atoms with van der Waals surface area (Å²) in [4.78, 5) is 25.0. The molecule has 2 heterocycles. The van der Waals surface area contributed by atoms with Gasteiger partial charge in [-0.1, -0.05) is 11.6 Å². The number of tetrazole rings is 1. The van der Waals surface area contributed by atoms with Crippen molar-refractivity contribution in [2.75, 3.05) is 13.1 Å². The molecule has 1 aliphatic rings. The third kappa shape index (κ3) is 3.51.